The number of amides is 1. The van der Waals surface area contributed by atoms with Gasteiger partial charge in [-0.25, -0.2) is 5.48 Å². The highest BCUT2D eigenvalue weighted by Gasteiger charge is 2.09. The molecule has 1 rings (SSSR count). The molecule has 0 saturated heterocycles. The third kappa shape index (κ3) is 3.37. The molecule has 0 atom stereocenters. The number of methoxy groups -OCH3 is 1. The monoisotopic (exact) mass is 219 g/mol. The zero-order valence-corrected chi connectivity index (χ0v) is 8.34. The molecule has 0 aliphatic heterocycles. The number of ether oxygens (including phenoxy) is 1. The summed E-state index contributed by atoms with van der Waals surface area (Å²) in [7, 11) is 1.54. The first-order valence-corrected chi connectivity index (χ1v) is 4.28. The third-order valence-corrected chi connectivity index (χ3v) is 1.55. The number of hydroxylamine groups is 1. The van der Waals surface area contributed by atoms with Crippen LogP contribution in [-0.4, -0.2) is 26.2 Å². The molecular formula is C8H10ClNO4. The van der Waals surface area contributed by atoms with Crippen molar-refractivity contribution in [1.29, 1.82) is 0 Å². The van der Waals surface area contributed by atoms with Crippen molar-refractivity contribution in [1.82, 2.24) is 5.48 Å². The van der Waals surface area contributed by atoms with Gasteiger partial charge in [0.2, 0.25) is 0 Å². The van der Waals surface area contributed by atoms with Gasteiger partial charge in [0, 0.05) is 7.11 Å². The molecule has 0 aliphatic rings. The Balaban J connectivity index is 2.29. The Morgan fingerprint density at radius 1 is 1.57 bits per heavy atom. The molecule has 0 bridgehead atoms. The fraction of sp³-hybridized carbons (Fsp3) is 0.375. The second-order valence-electron chi connectivity index (χ2n) is 2.38. The Morgan fingerprint density at radius 2 is 2.36 bits per heavy atom. The van der Waals surface area contributed by atoms with Crippen LogP contribution in [0.3, 0.4) is 0 Å². The van der Waals surface area contributed by atoms with Gasteiger partial charge in [0.05, 0.1) is 13.2 Å². The van der Waals surface area contributed by atoms with Gasteiger partial charge in [0.15, 0.2) is 11.0 Å². The van der Waals surface area contributed by atoms with Crippen LogP contribution in [0.15, 0.2) is 16.5 Å². The van der Waals surface area contributed by atoms with Crippen molar-refractivity contribution in [3.8, 4) is 0 Å². The quantitative estimate of drug-likeness (QED) is 0.598. The van der Waals surface area contributed by atoms with E-state index in [1.807, 2.05) is 0 Å². The van der Waals surface area contributed by atoms with Gasteiger partial charge in [-0.15, -0.1) is 0 Å². The van der Waals surface area contributed by atoms with Gasteiger partial charge >= 0.3 is 5.91 Å². The lowest BCUT2D eigenvalue weighted by Crippen LogP contribution is -2.24. The van der Waals surface area contributed by atoms with Crippen LogP contribution in [0.5, 0.6) is 0 Å². The van der Waals surface area contributed by atoms with E-state index >= 15 is 0 Å². The van der Waals surface area contributed by atoms with E-state index in [-0.39, 0.29) is 17.6 Å². The second kappa shape index (κ2) is 5.64. The first-order valence-electron chi connectivity index (χ1n) is 3.90. The Hall–Kier alpha value is -1.04. The summed E-state index contributed by atoms with van der Waals surface area (Å²) < 4.78 is 9.56. The SMILES string of the molecule is COCCONC(=O)c1ccc(Cl)o1. The van der Waals surface area contributed by atoms with E-state index in [1.54, 1.807) is 0 Å². The van der Waals surface area contributed by atoms with E-state index in [0.717, 1.165) is 0 Å². The third-order valence-electron chi connectivity index (χ3n) is 1.35. The molecule has 0 radical (unpaired) electrons. The highest BCUT2D eigenvalue weighted by molar-refractivity contribution is 6.29. The van der Waals surface area contributed by atoms with Crippen LogP contribution in [0.4, 0.5) is 0 Å². The van der Waals surface area contributed by atoms with Crippen molar-refractivity contribution in [2.75, 3.05) is 20.3 Å². The predicted octanol–water partition coefficient (Wildman–Crippen LogP) is 1.24. The first-order chi connectivity index (χ1) is 6.74. The van der Waals surface area contributed by atoms with Crippen LogP contribution in [0.2, 0.25) is 5.22 Å². The fourth-order valence-corrected chi connectivity index (χ4v) is 0.874. The number of carbonyl (C=O) groups excluding carboxylic acids is 1. The molecule has 6 heteroatoms. The average Bonchev–Trinajstić information content (AvgIpc) is 2.59. The molecule has 1 amide bonds. The molecule has 1 N–H and O–H groups in total. The zero-order chi connectivity index (χ0) is 10.4. The van der Waals surface area contributed by atoms with Crippen molar-refractivity contribution >= 4 is 17.5 Å². The van der Waals surface area contributed by atoms with Crippen molar-refractivity contribution in [2.45, 2.75) is 0 Å². The van der Waals surface area contributed by atoms with Gasteiger partial charge in [-0.05, 0) is 23.7 Å². The summed E-state index contributed by atoms with van der Waals surface area (Å²) >= 11 is 5.48. The molecule has 0 aliphatic carbocycles. The normalized spacial score (nSPS) is 10.1. The zero-order valence-electron chi connectivity index (χ0n) is 7.58. The number of halogens is 1. The van der Waals surface area contributed by atoms with E-state index in [4.69, 9.17) is 25.6 Å². The number of carbonyl (C=O) groups is 1. The highest BCUT2D eigenvalue weighted by Crippen LogP contribution is 2.12. The molecule has 1 aromatic heterocycles. The van der Waals surface area contributed by atoms with Crippen LogP contribution < -0.4 is 5.48 Å². The molecule has 1 heterocycles. The maximum absolute atomic E-state index is 11.2. The smallest absolute Gasteiger partial charge is 0.310 e. The average molecular weight is 220 g/mol. The van der Waals surface area contributed by atoms with Crippen molar-refractivity contribution in [3.05, 3.63) is 23.1 Å². The van der Waals surface area contributed by atoms with E-state index < -0.39 is 5.91 Å². The summed E-state index contributed by atoms with van der Waals surface area (Å²) in [4.78, 5) is 16.0. The molecule has 0 aromatic carbocycles. The Bertz CT molecular complexity index is 299. The topological polar surface area (TPSA) is 60.7 Å². The summed E-state index contributed by atoms with van der Waals surface area (Å²) in [6, 6.07) is 2.93. The van der Waals surface area contributed by atoms with Crippen LogP contribution in [0, 0.1) is 0 Å². The number of rotatable bonds is 5. The minimum atomic E-state index is -0.479. The van der Waals surface area contributed by atoms with Gasteiger partial charge in [0.25, 0.3) is 0 Å². The van der Waals surface area contributed by atoms with Crippen LogP contribution >= 0.6 is 11.6 Å². The molecule has 0 saturated carbocycles. The minimum absolute atomic E-state index is 0.104. The van der Waals surface area contributed by atoms with E-state index in [2.05, 4.69) is 5.48 Å². The molecule has 0 fully saturated rings. The lowest BCUT2D eigenvalue weighted by molar-refractivity contribution is 0.00733. The summed E-state index contributed by atoms with van der Waals surface area (Å²) in [5, 5.41) is 0.159. The Labute approximate surface area is 85.9 Å². The molecule has 1 aromatic rings. The minimum Gasteiger partial charge on any atom is -0.439 e. The molecule has 78 valence electrons. The number of hydrogen-bond donors (Lipinski definition) is 1. The van der Waals surface area contributed by atoms with Crippen molar-refractivity contribution in [3.63, 3.8) is 0 Å². The van der Waals surface area contributed by atoms with Gasteiger partial charge in [0.1, 0.15) is 0 Å². The Kier molecular flexibility index (Phi) is 4.45. The standard InChI is InChI=1S/C8H10ClNO4/c1-12-4-5-13-10-8(11)6-2-3-7(9)14-6/h2-3H,4-5H2,1H3,(H,10,11). The maximum atomic E-state index is 11.2. The first kappa shape index (κ1) is 11.0. The highest BCUT2D eigenvalue weighted by atomic mass is 35.5. The van der Waals surface area contributed by atoms with Crippen molar-refractivity contribution < 1.29 is 18.8 Å². The fourth-order valence-electron chi connectivity index (χ4n) is 0.728. The van der Waals surface area contributed by atoms with Crippen molar-refractivity contribution in [2.24, 2.45) is 0 Å². The summed E-state index contributed by atoms with van der Waals surface area (Å²) in [6.45, 7) is 0.676. The lowest BCUT2D eigenvalue weighted by atomic mass is 10.4. The molecule has 0 spiro atoms. The van der Waals surface area contributed by atoms with Gasteiger partial charge in [-0.3, -0.25) is 9.63 Å². The molecular weight excluding hydrogens is 210 g/mol. The maximum Gasteiger partial charge on any atom is 0.310 e. The van der Waals surface area contributed by atoms with Crippen LogP contribution in [0.25, 0.3) is 0 Å². The van der Waals surface area contributed by atoms with E-state index in [9.17, 15) is 4.79 Å². The number of furan rings is 1. The van der Waals surface area contributed by atoms with Gasteiger partial charge in [-0.2, -0.15) is 0 Å². The number of nitrogens with one attached hydrogen (secondary N) is 1. The van der Waals surface area contributed by atoms with E-state index in [1.165, 1.54) is 19.2 Å². The summed E-state index contributed by atoms with van der Waals surface area (Å²) in [5.74, 6) is -0.375. The molecule has 14 heavy (non-hydrogen) atoms. The lowest BCUT2D eigenvalue weighted by Gasteiger charge is -2.02. The second-order valence-corrected chi connectivity index (χ2v) is 2.75. The molecule has 5 nitrogen and oxygen atoms in total. The van der Waals surface area contributed by atoms with Crippen LogP contribution in [0.1, 0.15) is 10.6 Å². The summed E-state index contributed by atoms with van der Waals surface area (Å²) in [5.41, 5.74) is 2.18. The molecule has 0 unspecified atom stereocenters. The van der Waals surface area contributed by atoms with Crippen LogP contribution in [-0.2, 0) is 9.57 Å². The number of hydrogen-bond acceptors (Lipinski definition) is 4. The Morgan fingerprint density at radius 3 is 2.93 bits per heavy atom. The van der Waals surface area contributed by atoms with E-state index in [0.29, 0.717) is 6.61 Å². The largest absolute Gasteiger partial charge is 0.439 e. The summed E-state index contributed by atoms with van der Waals surface area (Å²) in [6.07, 6.45) is 0. The van der Waals surface area contributed by atoms with Gasteiger partial charge in [-0.1, -0.05) is 0 Å². The van der Waals surface area contributed by atoms with Gasteiger partial charge < -0.3 is 9.15 Å². The predicted molar refractivity (Wildman–Crippen MR) is 49.0 cm³/mol.